The van der Waals surface area contributed by atoms with Gasteiger partial charge in [-0.05, 0) is 25.5 Å². The van der Waals surface area contributed by atoms with Gasteiger partial charge in [-0.3, -0.25) is 4.68 Å². The molecule has 4 heteroatoms. The minimum absolute atomic E-state index is 0.472. The summed E-state index contributed by atoms with van der Waals surface area (Å²) in [5, 5.41) is 7.40. The Balaban J connectivity index is 2.12. The smallest absolute Gasteiger partial charge is 0.130 e. The van der Waals surface area contributed by atoms with Crippen molar-refractivity contribution >= 4 is 0 Å². The molecule has 2 rings (SSSR count). The first-order valence-electron chi connectivity index (χ1n) is 5.54. The molecule has 1 aliphatic heterocycles. The van der Waals surface area contributed by atoms with Gasteiger partial charge in [0, 0.05) is 25.7 Å². The highest BCUT2D eigenvalue weighted by atomic mass is 19.1. The molecule has 0 saturated carbocycles. The Morgan fingerprint density at radius 1 is 1.67 bits per heavy atom. The normalized spacial score (nSPS) is 26.1. The van der Waals surface area contributed by atoms with Crippen LogP contribution in [0.5, 0.6) is 0 Å². The maximum absolute atomic E-state index is 14.2. The summed E-state index contributed by atoms with van der Waals surface area (Å²) in [5.41, 5.74) is 0.971. The van der Waals surface area contributed by atoms with Crippen LogP contribution in [0.2, 0.25) is 0 Å². The van der Waals surface area contributed by atoms with Gasteiger partial charge in [0.25, 0.3) is 0 Å². The highest BCUT2D eigenvalue weighted by Crippen LogP contribution is 2.25. The van der Waals surface area contributed by atoms with Crippen LogP contribution in [-0.4, -0.2) is 28.5 Å². The van der Waals surface area contributed by atoms with Crippen molar-refractivity contribution in [2.75, 3.05) is 13.1 Å². The van der Waals surface area contributed by atoms with Crippen molar-refractivity contribution in [1.29, 1.82) is 0 Å². The Bertz CT molecular complexity index is 340. The van der Waals surface area contributed by atoms with Crippen LogP contribution in [0.25, 0.3) is 0 Å². The molecular weight excluding hydrogens is 193 g/mol. The van der Waals surface area contributed by atoms with Gasteiger partial charge in [0.15, 0.2) is 0 Å². The number of hydrogen-bond acceptors (Lipinski definition) is 2. The van der Waals surface area contributed by atoms with Crippen LogP contribution in [0.1, 0.15) is 24.7 Å². The van der Waals surface area contributed by atoms with Gasteiger partial charge in [-0.25, -0.2) is 4.39 Å². The summed E-state index contributed by atoms with van der Waals surface area (Å²) in [6, 6.07) is 2.01. The Kier molecular flexibility index (Phi) is 2.78. The van der Waals surface area contributed by atoms with Crippen LogP contribution < -0.4 is 5.32 Å². The predicted octanol–water partition coefficient (Wildman–Crippen LogP) is 1.23. The number of hydrogen-bond donors (Lipinski definition) is 1. The van der Waals surface area contributed by atoms with Crippen molar-refractivity contribution in [2.24, 2.45) is 7.05 Å². The van der Waals surface area contributed by atoms with Gasteiger partial charge in [-0.1, -0.05) is 6.92 Å². The fourth-order valence-electron chi connectivity index (χ4n) is 2.10. The van der Waals surface area contributed by atoms with Crippen LogP contribution in [0.3, 0.4) is 0 Å². The Morgan fingerprint density at radius 2 is 2.47 bits per heavy atom. The van der Waals surface area contributed by atoms with E-state index < -0.39 is 5.67 Å². The quantitative estimate of drug-likeness (QED) is 0.815. The molecule has 1 atom stereocenters. The zero-order chi connectivity index (χ0) is 10.9. The van der Waals surface area contributed by atoms with Gasteiger partial charge in [0.05, 0.1) is 5.69 Å². The van der Waals surface area contributed by atoms with Crippen molar-refractivity contribution in [1.82, 2.24) is 15.1 Å². The summed E-state index contributed by atoms with van der Waals surface area (Å²) in [5.74, 6) is 0. The maximum Gasteiger partial charge on any atom is 0.130 e. The molecule has 15 heavy (non-hydrogen) atoms. The first-order valence-corrected chi connectivity index (χ1v) is 5.54. The molecule has 0 aliphatic carbocycles. The summed E-state index contributed by atoms with van der Waals surface area (Å²) < 4.78 is 16.0. The standard InChI is InChI=1S/C11H18FN3/c1-3-9-6-10(15(2)14-9)7-11(12)4-5-13-8-11/h6,13H,3-5,7-8H2,1-2H3. The molecule has 0 bridgehead atoms. The number of rotatable bonds is 3. The van der Waals surface area contributed by atoms with Crippen molar-refractivity contribution in [2.45, 2.75) is 31.9 Å². The first kappa shape index (κ1) is 10.6. The van der Waals surface area contributed by atoms with Gasteiger partial charge in [-0.15, -0.1) is 0 Å². The fraction of sp³-hybridized carbons (Fsp3) is 0.727. The van der Waals surface area contributed by atoms with E-state index in [1.165, 1.54) is 0 Å². The monoisotopic (exact) mass is 211 g/mol. The summed E-state index contributed by atoms with van der Waals surface area (Å²) in [4.78, 5) is 0. The first-order chi connectivity index (χ1) is 7.13. The Hall–Kier alpha value is -0.900. The second kappa shape index (κ2) is 3.93. The van der Waals surface area contributed by atoms with E-state index >= 15 is 0 Å². The highest BCUT2D eigenvalue weighted by Gasteiger charge is 2.34. The molecule has 3 nitrogen and oxygen atoms in total. The second-order valence-corrected chi connectivity index (χ2v) is 4.36. The molecule has 0 amide bonds. The van der Waals surface area contributed by atoms with Gasteiger partial charge in [0.2, 0.25) is 0 Å². The number of halogens is 1. The molecule has 1 fully saturated rings. The van der Waals surface area contributed by atoms with Crippen molar-refractivity contribution in [3.05, 3.63) is 17.5 Å². The maximum atomic E-state index is 14.2. The minimum Gasteiger partial charge on any atom is -0.313 e. The van der Waals surface area contributed by atoms with Crippen LogP contribution >= 0.6 is 0 Å². The molecule has 1 N–H and O–H groups in total. The average Bonchev–Trinajstić information content (AvgIpc) is 2.75. The van der Waals surface area contributed by atoms with Crippen molar-refractivity contribution in [3.63, 3.8) is 0 Å². The van der Waals surface area contributed by atoms with Crippen LogP contribution in [-0.2, 0) is 19.9 Å². The molecule has 84 valence electrons. The third-order valence-electron chi connectivity index (χ3n) is 3.08. The van der Waals surface area contributed by atoms with Crippen LogP contribution in [0, 0.1) is 0 Å². The molecule has 0 radical (unpaired) electrons. The Labute approximate surface area is 89.7 Å². The van der Waals surface area contributed by atoms with Crippen molar-refractivity contribution in [3.8, 4) is 0 Å². The summed E-state index contributed by atoms with van der Waals surface area (Å²) in [6.45, 7) is 3.32. The zero-order valence-electron chi connectivity index (χ0n) is 9.39. The zero-order valence-corrected chi connectivity index (χ0v) is 9.39. The van der Waals surface area contributed by atoms with E-state index in [0.717, 1.165) is 24.4 Å². The number of nitrogens with one attached hydrogen (secondary N) is 1. The predicted molar refractivity (Wildman–Crippen MR) is 57.6 cm³/mol. The second-order valence-electron chi connectivity index (χ2n) is 4.36. The minimum atomic E-state index is -1.07. The average molecular weight is 211 g/mol. The van der Waals surface area contributed by atoms with E-state index in [2.05, 4.69) is 17.3 Å². The number of nitrogens with zero attached hydrogens (tertiary/aromatic N) is 2. The van der Waals surface area contributed by atoms with E-state index in [1.54, 1.807) is 4.68 Å². The Morgan fingerprint density at radius 3 is 3.00 bits per heavy atom. The molecule has 0 spiro atoms. The lowest BCUT2D eigenvalue weighted by Crippen LogP contribution is -2.29. The number of alkyl halides is 1. The van der Waals surface area contributed by atoms with Crippen LogP contribution in [0.15, 0.2) is 6.07 Å². The lowest BCUT2D eigenvalue weighted by atomic mass is 9.99. The van der Waals surface area contributed by atoms with E-state index in [-0.39, 0.29) is 0 Å². The molecule has 1 aliphatic rings. The molecule has 0 aromatic carbocycles. The molecular formula is C11H18FN3. The van der Waals surface area contributed by atoms with Gasteiger partial charge < -0.3 is 5.32 Å². The lowest BCUT2D eigenvalue weighted by molar-refractivity contribution is 0.187. The van der Waals surface area contributed by atoms with E-state index in [1.807, 2.05) is 13.1 Å². The van der Waals surface area contributed by atoms with Gasteiger partial charge in [-0.2, -0.15) is 5.10 Å². The summed E-state index contributed by atoms with van der Waals surface area (Å²) >= 11 is 0. The fourth-order valence-corrected chi connectivity index (χ4v) is 2.10. The van der Waals surface area contributed by atoms with E-state index in [0.29, 0.717) is 19.4 Å². The highest BCUT2D eigenvalue weighted by molar-refractivity contribution is 5.13. The molecule has 1 unspecified atom stereocenters. The van der Waals surface area contributed by atoms with Crippen LogP contribution in [0.4, 0.5) is 4.39 Å². The number of aryl methyl sites for hydroxylation is 2. The van der Waals surface area contributed by atoms with Gasteiger partial charge >= 0.3 is 0 Å². The third kappa shape index (κ3) is 2.20. The summed E-state index contributed by atoms with van der Waals surface area (Å²) in [6.07, 6.45) is 1.99. The molecule has 1 aromatic rings. The molecule has 2 heterocycles. The summed E-state index contributed by atoms with van der Waals surface area (Å²) in [7, 11) is 1.89. The molecule has 1 saturated heterocycles. The lowest BCUT2D eigenvalue weighted by Gasteiger charge is -2.17. The SMILES string of the molecule is CCc1cc(CC2(F)CCNC2)n(C)n1. The van der Waals surface area contributed by atoms with Crippen molar-refractivity contribution < 1.29 is 4.39 Å². The molecule has 1 aromatic heterocycles. The largest absolute Gasteiger partial charge is 0.313 e. The number of aromatic nitrogens is 2. The third-order valence-corrected chi connectivity index (χ3v) is 3.08. The topological polar surface area (TPSA) is 29.9 Å². The van der Waals surface area contributed by atoms with E-state index in [9.17, 15) is 4.39 Å². The van der Waals surface area contributed by atoms with Gasteiger partial charge in [0.1, 0.15) is 5.67 Å². The van der Waals surface area contributed by atoms with E-state index in [4.69, 9.17) is 0 Å².